The van der Waals surface area contributed by atoms with Crippen LogP contribution in [0.4, 0.5) is 5.95 Å². The van der Waals surface area contributed by atoms with Crippen molar-refractivity contribution in [2.75, 3.05) is 32.6 Å². The summed E-state index contributed by atoms with van der Waals surface area (Å²) in [5.41, 5.74) is -0.0857. The Balaban J connectivity index is 1.76. The molecule has 1 aliphatic rings. The zero-order valence-electron chi connectivity index (χ0n) is 15.3. The van der Waals surface area contributed by atoms with Crippen LogP contribution in [0, 0.1) is 0 Å². The first-order valence-corrected chi connectivity index (χ1v) is 8.52. The summed E-state index contributed by atoms with van der Waals surface area (Å²) in [7, 11) is 5.39. The zero-order valence-corrected chi connectivity index (χ0v) is 15.3. The van der Waals surface area contributed by atoms with Gasteiger partial charge in [0, 0.05) is 20.1 Å². The molecule has 7 nitrogen and oxygen atoms in total. The smallest absolute Gasteiger partial charge is 0.265 e. The van der Waals surface area contributed by atoms with Gasteiger partial charge in [-0.25, -0.2) is 0 Å². The quantitative estimate of drug-likeness (QED) is 0.857. The van der Waals surface area contributed by atoms with Crippen molar-refractivity contribution >= 4 is 5.95 Å². The molecule has 2 heterocycles. The minimum Gasteiger partial charge on any atom is -0.497 e. The minimum absolute atomic E-state index is 0.00407. The average molecular weight is 346 g/mol. The van der Waals surface area contributed by atoms with Crippen LogP contribution >= 0.6 is 0 Å². The fourth-order valence-electron chi connectivity index (χ4n) is 3.44. The molecular formula is C18H26N4O3. The molecule has 0 unspecified atom stereocenters. The number of aliphatic hydroxyl groups is 1. The first-order valence-electron chi connectivity index (χ1n) is 8.52. The maximum Gasteiger partial charge on any atom is 0.265 e. The molecule has 2 atom stereocenters. The van der Waals surface area contributed by atoms with E-state index in [1.807, 2.05) is 50.2 Å². The Morgan fingerprint density at radius 1 is 1.36 bits per heavy atom. The summed E-state index contributed by atoms with van der Waals surface area (Å²) < 4.78 is 10.5. The maximum absolute atomic E-state index is 11.2. The monoisotopic (exact) mass is 346 g/mol. The van der Waals surface area contributed by atoms with Crippen LogP contribution in [0.25, 0.3) is 0 Å². The fourth-order valence-corrected chi connectivity index (χ4v) is 3.44. The Hall–Kier alpha value is -2.12. The number of nitrogens with zero attached hydrogens (tertiary/aromatic N) is 4. The number of rotatable bonds is 6. The van der Waals surface area contributed by atoms with Crippen LogP contribution in [0.1, 0.15) is 31.2 Å². The van der Waals surface area contributed by atoms with Gasteiger partial charge in [-0.1, -0.05) is 12.1 Å². The topological polar surface area (TPSA) is 74.9 Å². The largest absolute Gasteiger partial charge is 0.497 e. The molecule has 0 bridgehead atoms. The van der Waals surface area contributed by atoms with Crippen molar-refractivity contribution in [2.24, 2.45) is 0 Å². The molecule has 25 heavy (non-hydrogen) atoms. The molecule has 0 radical (unpaired) electrons. The van der Waals surface area contributed by atoms with Gasteiger partial charge in [-0.3, -0.25) is 4.90 Å². The first-order chi connectivity index (χ1) is 11.9. The van der Waals surface area contributed by atoms with E-state index in [2.05, 4.69) is 15.0 Å². The van der Waals surface area contributed by atoms with Crippen molar-refractivity contribution in [1.29, 1.82) is 0 Å². The van der Waals surface area contributed by atoms with Crippen LogP contribution in [0.5, 0.6) is 5.75 Å². The van der Waals surface area contributed by atoms with E-state index in [0.29, 0.717) is 18.4 Å². The van der Waals surface area contributed by atoms with E-state index < -0.39 is 5.60 Å². The summed E-state index contributed by atoms with van der Waals surface area (Å²) in [6.45, 7) is 3.31. The van der Waals surface area contributed by atoms with Gasteiger partial charge in [-0.05, 0) is 49.2 Å². The summed E-state index contributed by atoms with van der Waals surface area (Å²) in [5, 5.41) is 15.2. The molecule has 0 spiro atoms. The van der Waals surface area contributed by atoms with Gasteiger partial charge in [-0.15, -0.1) is 0 Å². The van der Waals surface area contributed by atoms with Crippen molar-refractivity contribution in [3.8, 4) is 5.75 Å². The number of hydrogen-bond donors (Lipinski definition) is 1. The Morgan fingerprint density at radius 2 is 2.08 bits per heavy atom. The Kier molecular flexibility index (Phi) is 4.96. The molecule has 1 aromatic carbocycles. The number of benzene rings is 1. The highest BCUT2D eigenvalue weighted by atomic mass is 16.5. The lowest BCUT2D eigenvalue weighted by Crippen LogP contribution is -2.45. The lowest BCUT2D eigenvalue weighted by atomic mass is 9.86. The van der Waals surface area contributed by atoms with E-state index in [0.717, 1.165) is 30.7 Å². The molecule has 2 aromatic rings. The lowest BCUT2D eigenvalue weighted by Gasteiger charge is -2.36. The van der Waals surface area contributed by atoms with Crippen LogP contribution in [0.15, 0.2) is 28.8 Å². The molecule has 1 fully saturated rings. The summed E-state index contributed by atoms with van der Waals surface area (Å²) in [6, 6.07) is 7.60. The van der Waals surface area contributed by atoms with Crippen molar-refractivity contribution < 1.29 is 14.4 Å². The third-order valence-corrected chi connectivity index (χ3v) is 4.88. The molecular weight excluding hydrogens is 320 g/mol. The number of anilines is 1. The molecule has 1 aromatic heterocycles. The minimum atomic E-state index is -0.965. The predicted molar refractivity (Wildman–Crippen MR) is 94.6 cm³/mol. The molecule has 0 saturated carbocycles. The first kappa shape index (κ1) is 17.7. The van der Waals surface area contributed by atoms with Gasteiger partial charge in [0.2, 0.25) is 5.89 Å². The maximum atomic E-state index is 11.2. The van der Waals surface area contributed by atoms with Crippen molar-refractivity contribution in [2.45, 2.75) is 38.0 Å². The van der Waals surface area contributed by atoms with Gasteiger partial charge in [-0.2, -0.15) is 4.98 Å². The van der Waals surface area contributed by atoms with Crippen molar-refractivity contribution in [3.63, 3.8) is 0 Å². The van der Waals surface area contributed by atoms with Crippen LogP contribution in [0.3, 0.4) is 0 Å². The van der Waals surface area contributed by atoms with Gasteiger partial charge in [0.05, 0.1) is 13.7 Å². The van der Waals surface area contributed by atoms with Gasteiger partial charge < -0.3 is 19.3 Å². The van der Waals surface area contributed by atoms with Crippen molar-refractivity contribution in [1.82, 2.24) is 15.0 Å². The summed E-state index contributed by atoms with van der Waals surface area (Å²) in [6.07, 6.45) is 1.96. The molecule has 7 heteroatoms. The fraction of sp³-hybridized carbons (Fsp3) is 0.556. The third kappa shape index (κ3) is 3.62. The lowest BCUT2D eigenvalue weighted by molar-refractivity contribution is -0.0278. The van der Waals surface area contributed by atoms with E-state index in [4.69, 9.17) is 9.26 Å². The number of methoxy groups -OCH3 is 1. The van der Waals surface area contributed by atoms with Gasteiger partial charge in [0.1, 0.15) is 11.4 Å². The number of likely N-dealkylation sites (tertiary alicyclic amines) is 1. The van der Waals surface area contributed by atoms with Crippen LogP contribution in [-0.2, 0) is 12.1 Å². The van der Waals surface area contributed by atoms with E-state index in [-0.39, 0.29) is 6.04 Å². The van der Waals surface area contributed by atoms with Gasteiger partial charge >= 0.3 is 0 Å². The predicted octanol–water partition coefficient (Wildman–Crippen LogP) is 2.02. The molecule has 1 saturated heterocycles. The second kappa shape index (κ2) is 7.01. The Bertz CT molecular complexity index is 697. The van der Waals surface area contributed by atoms with Crippen LogP contribution in [0.2, 0.25) is 0 Å². The second-order valence-electron chi connectivity index (χ2n) is 6.89. The molecule has 1 aliphatic heterocycles. The van der Waals surface area contributed by atoms with E-state index >= 15 is 0 Å². The van der Waals surface area contributed by atoms with Gasteiger partial charge in [0.15, 0.2) is 0 Å². The number of aromatic nitrogens is 2. The normalized spacial score (nSPS) is 20.4. The number of ether oxygens (including phenoxy) is 1. The highest BCUT2D eigenvalue weighted by Crippen LogP contribution is 2.36. The number of hydrogen-bond acceptors (Lipinski definition) is 7. The third-order valence-electron chi connectivity index (χ3n) is 4.88. The SMILES string of the molecule is COc1ccc([C@@](C)(O)[C@H]2CCCN2Cc2nc(N(C)C)no2)cc1. The van der Waals surface area contributed by atoms with Gasteiger partial charge in [0.25, 0.3) is 5.95 Å². The molecule has 136 valence electrons. The van der Waals surface area contributed by atoms with Crippen LogP contribution in [-0.4, -0.2) is 53.9 Å². The van der Waals surface area contributed by atoms with E-state index in [9.17, 15) is 5.11 Å². The van der Waals surface area contributed by atoms with E-state index in [1.54, 1.807) is 7.11 Å². The zero-order chi connectivity index (χ0) is 18.0. The molecule has 0 aliphatic carbocycles. The molecule has 3 rings (SSSR count). The highest BCUT2D eigenvalue weighted by molar-refractivity contribution is 5.32. The van der Waals surface area contributed by atoms with E-state index in [1.165, 1.54) is 0 Å². The summed E-state index contributed by atoms with van der Waals surface area (Å²) in [5.74, 6) is 1.92. The van der Waals surface area contributed by atoms with Crippen LogP contribution < -0.4 is 9.64 Å². The summed E-state index contributed by atoms with van der Waals surface area (Å²) in [4.78, 5) is 8.42. The Morgan fingerprint density at radius 3 is 2.68 bits per heavy atom. The summed E-state index contributed by atoms with van der Waals surface area (Å²) >= 11 is 0. The average Bonchev–Trinajstić information content (AvgIpc) is 3.25. The second-order valence-corrected chi connectivity index (χ2v) is 6.89. The molecule has 1 N–H and O–H groups in total. The standard InChI is InChI=1S/C18H26N4O3/c1-18(23,13-7-9-14(24-4)10-8-13)15-6-5-11-22(15)12-16-19-17(20-25-16)21(2)3/h7-10,15,23H,5-6,11-12H2,1-4H3/t15-,18-/m1/s1. The highest BCUT2D eigenvalue weighted by Gasteiger charge is 2.41. The van der Waals surface area contributed by atoms with Crippen molar-refractivity contribution in [3.05, 3.63) is 35.7 Å². The Labute approximate surface area is 148 Å². The molecule has 0 amide bonds.